The van der Waals surface area contributed by atoms with Crippen LogP contribution in [-0.4, -0.2) is 24.8 Å². The molecule has 1 N–H and O–H groups in total. The number of hydrazone groups is 1. The summed E-state index contributed by atoms with van der Waals surface area (Å²) in [5, 5.41) is 4.47. The van der Waals surface area contributed by atoms with Gasteiger partial charge in [0.1, 0.15) is 11.5 Å². The largest absolute Gasteiger partial charge is 0.459 e. The molecule has 0 spiro atoms. The first kappa shape index (κ1) is 24.0. The summed E-state index contributed by atoms with van der Waals surface area (Å²) in [7, 11) is -3.85. The lowest BCUT2D eigenvalue weighted by molar-refractivity contribution is -0.118. The first-order chi connectivity index (χ1) is 15.1. The number of amides is 1. The van der Waals surface area contributed by atoms with Crippen LogP contribution in [0.5, 0.6) is 0 Å². The molecule has 0 unspecified atom stereocenters. The van der Waals surface area contributed by atoms with Crippen LogP contribution in [0.2, 0.25) is 10.0 Å². The van der Waals surface area contributed by atoms with E-state index in [1.54, 1.807) is 54.6 Å². The molecular weight excluding hydrogens is 473 g/mol. The third-order valence-electron chi connectivity index (χ3n) is 4.43. The Hall–Kier alpha value is -2.65. The number of hydrogen-bond donors (Lipinski definition) is 1. The molecule has 0 aliphatic carbocycles. The van der Waals surface area contributed by atoms with Crippen LogP contribution < -0.4 is 5.43 Å². The van der Waals surface area contributed by atoms with Gasteiger partial charge in [-0.1, -0.05) is 47.0 Å². The highest BCUT2D eigenvalue weighted by molar-refractivity contribution is 7.89. The molecule has 0 saturated carbocycles. The molecule has 1 heterocycles. The lowest BCUT2D eigenvalue weighted by atomic mass is 10.2. The van der Waals surface area contributed by atoms with Crippen LogP contribution in [0, 0.1) is 6.92 Å². The molecule has 10 heteroatoms. The highest BCUT2D eigenvalue weighted by Crippen LogP contribution is 2.26. The Morgan fingerprint density at radius 2 is 1.78 bits per heavy atom. The van der Waals surface area contributed by atoms with E-state index in [-0.39, 0.29) is 23.9 Å². The van der Waals surface area contributed by atoms with Crippen molar-refractivity contribution in [3.63, 3.8) is 0 Å². The Morgan fingerprint density at radius 1 is 1.06 bits per heavy atom. The predicted octanol–water partition coefficient (Wildman–Crippen LogP) is 4.76. The van der Waals surface area contributed by atoms with Crippen molar-refractivity contribution in [3.05, 3.63) is 87.3 Å². The molecule has 0 aliphatic heterocycles. The van der Waals surface area contributed by atoms with Gasteiger partial charge in [-0.2, -0.15) is 9.41 Å². The van der Waals surface area contributed by atoms with Gasteiger partial charge in [-0.3, -0.25) is 4.79 Å². The number of rotatable bonds is 8. The van der Waals surface area contributed by atoms with E-state index in [0.29, 0.717) is 27.1 Å². The number of hydrogen-bond acceptors (Lipinski definition) is 5. The summed E-state index contributed by atoms with van der Waals surface area (Å²) < 4.78 is 33.8. The van der Waals surface area contributed by atoms with Crippen molar-refractivity contribution in [3.8, 4) is 0 Å². The fourth-order valence-corrected chi connectivity index (χ4v) is 4.55. The number of furan rings is 1. The van der Waals surface area contributed by atoms with E-state index in [9.17, 15) is 13.2 Å². The average molecular weight is 494 g/mol. The number of benzene rings is 2. The second kappa shape index (κ2) is 10.3. The maximum absolute atomic E-state index is 13.4. The molecule has 0 aliphatic rings. The molecule has 0 saturated heterocycles. The standard InChI is InChI=1S/C22H21Cl2N3O4S/c1-15-3-8-20(9-4-15)32(29,30)27(13-17-5-10-21(23)22(24)11-17)14-19-7-6-18(31-19)12-25-26-16(2)28/h3-12H,13-14H2,1-2H3,(H,26,28)/b25-12-. The molecule has 168 valence electrons. The van der Waals surface area contributed by atoms with E-state index < -0.39 is 10.0 Å². The van der Waals surface area contributed by atoms with Crippen LogP contribution in [0.25, 0.3) is 0 Å². The SMILES string of the molecule is CC(=O)N/N=C\c1ccc(CN(Cc2ccc(Cl)c(Cl)c2)S(=O)(=O)c2ccc(C)cc2)o1. The van der Waals surface area contributed by atoms with E-state index in [4.69, 9.17) is 27.6 Å². The Kier molecular flexibility index (Phi) is 7.73. The summed E-state index contributed by atoms with van der Waals surface area (Å²) in [6, 6.07) is 14.9. The minimum Gasteiger partial charge on any atom is -0.459 e. The lowest BCUT2D eigenvalue weighted by Crippen LogP contribution is -2.30. The van der Waals surface area contributed by atoms with Crippen molar-refractivity contribution in [2.45, 2.75) is 31.8 Å². The summed E-state index contributed by atoms with van der Waals surface area (Å²) in [4.78, 5) is 11.1. The number of nitrogens with zero attached hydrogens (tertiary/aromatic N) is 2. The minimum absolute atomic E-state index is 0.0234. The first-order valence-electron chi connectivity index (χ1n) is 9.54. The summed E-state index contributed by atoms with van der Waals surface area (Å²) in [6.07, 6.45) is 1.34. The third kappa shape index (κ3) is 6.20. The van der Waals surface area contributed by atoms with Crippen LogP contribution in [-0.2, 0) is 27.9 Å². The second-order valence-electron chi connectivity index (χ2n) is 7.06. The molecule has 3 aromatic rings. The quantitative estimate of drug-likeness (QED) is 0.361. The molecule has 0 bridgehead atoms. The van der Waals surface area contributed by atoms with Crippen molar-refractivity contribution in [1.29, 1.82) is 0 Å². The molecular formula is C22H21Cl2N3O4S. The fourth-order valence-electron chi connectivity index (χ4n) is 2.84. The number of aryl methyl sites for hydroxylation is 1. The van der Waals surface area contributed by atoms with Gasteiger partial charge in [-0.15, -0.1) is 0 Å². The van der Waals surface area contributed by atoms with E-state index in [0.717, 1.165) is 5.56 Å². The molecule has 0 fully saturated rings. The monoisotopic (exact) mass is 493 g/mol. The number of nitrogens with one attached hydrogen (secondary N) is 1. The Morgan fingerprint density at radius 3 is 2.44 bits per heavy atom. The third-order valence-corrected chi connectivity index (χ3v) is 6.98. The number of halogens is 2. The molecule has 3 rings (SSSR count). The molecule has 7 nitrogen and oxygen atoms in total. The zero-order valence-corrected chi connectivity index (χ0v) is 19.7. The molecule has 32 heavy (non-hydrogen) atoms. The summed E-state index contributed by atoms with van der Waals surface area (Å²) >= 11 is 12.1. The smallest absolute Gasteiger partial charge is 0.243 e. The second-order valence-corrected chi connectivity index (χ2v) is 9.82. The van der Waals surface area contributed by atoms with Crippen LogP contribution >= 0.6 is 23.2 Å². The highest BCUT2D eigenvalue weighted by Gasteiger charge is 2.26. The van der Waals surface area contributed by atoms with Crippen LogP contribution in [0.1, 0.15) is 29.6 Å². The van der Waals surface area contributed by atoms with Gasteiger partial charge in [0, 0.05) is 13.5 Å². The van der Waals surface area contributed by atoms with E-state index in [2.05, 4.69) is 10.5 Å². The first-order valence-corrected chi connectivity index (χ1v) is 11.7. The van der Waals surface area contributed by atoms with Crippen molar-refractivity contribution >= 4 is 45.3 Å². The predicted molar refractivity (Wildman–Crippen MR) is 124 cm³/mol. The highest BCUT2D eigenvalue weighted by atomic mass is 35.5. The van der Waals surface area contributed by atoms with E-state index >= 15 is 0 Å². The van der Waals surface area contributed by atoms with Crippen molar-refractivity contribution < 1.29 is 17.6 Å². The molecule has 1 aromatic heterocycles. The number of sulfonamides is 1. The number of carbonyl (C=O) groups is 1. The lowest BCUT2D eigenvalue weighted by Gasteiger charge is -2.22. The van der Waals surface area contributed by atoms with Gasteiger partial charge >= 0.3 is 0 Å². The maximum Gasteiger partial charge on any atom is 0.243 e. The van der Waals surface area contributed by atoms with Gasteiger partial charge in [0.2, 0.25) is 15.9 Å². The van der Waals surface area contributed by atoms with Crippen LogP contribution in [0.3, 0.4) is 0 Å². The minimum atomic E-state index is -3.85. The van der Waals surface area contributed by atoms with Gasteiger partial charge in [0.25, 0.3) is 0 Å². The average Bonchev–Trinajstić information content (AvgIpc) is 3.17. The van der Waals surface area contributed by atoms with Gasteiger partial charge < -0.3 is 4.42 Å². The van der Waals surface area contributed by atoms with Gasteiger partial charge in [0.15, 0.2) is 0 Å². The van der Waals surface area contributed by atoms with Gasteiger partial charge in [-0.25, -0.2) is 13.8 Å². The van der Waals surface area contributed by atoms with Crippen LogP contribution in [0.15, 0.2) is 69.0 Å². The Labute approximate surface area is 196 Å². The van der Waals surface area contributed by atoms with Crippen molar-refractivity contribution in [1.82, 2.24) is 9.73 Å². The zero-order chi connectivity index (χ0) is 23.3. The number of carbonyl (C=O) groups excluding carboxylic acids is 1. The van der Waals surface area contributed by atoms with E-state index in [1.807, 2.05) is 6.92 Å². The van der Waals surface area contributed by atoms with E-state index in [1.165, 1.54) is 17.4 Å². The Balaban J connectivity index is 1.90. The van der Waals surface area contributed by atoms with Gasteiger partial charge in [0.05, 0.1) is 27.7 Å². The molecule has 1 amide bonds. The van der Waals surface area contributed by atoms with Crippen molar-refractivity contribution in [2.24, 2.45) is 5.10 Å². The topological polar surface area (TPSA) is 92.0 Å². The van der Waals surface area contributed by atoms with Crippen molar-refractivity contribution in [2.75, 3.05) is 0 Å². The van der Waals surface area contributed by atoms with Crippen LogP contribution in [0.4, 0.5) is 0 Å². The van der Waals surface area contributed by atoms with Gasteiger partial charge in [-0.05, 0) is 48.9 Å². The maximum atomic E-state index is 13.4. The summed E-state index contributed by atoms with van der Waals surface area (Å²) in [5.74, 6) is 0.464. The molecule has 0 radical (unpaired) electrons. The molecule has 0 atom stereocenters. The fraction of sp³-hybridized carbons (Fsp3) is 0.182. The molecule has 2 aromatic carbocycles. The summed E-state index contributed by atoms with van der Waals surface area (Å²) in [5.41, 5.74) is 3.91. The zero-order valence-electron chi connectivity index (χ0n) is 17.4. The Bertz CT molecular complexity index is 1240. The normalized spacial score (nSPS) is 11.9. The summed E-state index contributed by atoms with van der Waals surface area (Å²) in [6.45, 7) is 3.26.